The van der Waals surface area contributed by atoms with Crippen LogP contribution in [0.25, 0.3) is 5.65 Å². The number of amides is 1. The lowest BCUT2D eigenvalue weighted by Gasteiger charge is -2.17. The van der Waals surface area contributed by atoms with E-state index in [9.17, 15) is 9.59 Å². The number of carbonyl (C=O) groups is 2. The number of carbonyl (C=O) groups excluding carboxylic acids is 2. The fraction of sp³-hybridized carbons (Fsp3) is 0.438. The minimum absolute atomic E-state index is 0.106. The number of likely N-dealkylation sites (N-methyl/N-ethyl adjacent to an activating group) is 1. The molecule has 0 atom stereocenters. The molecule has 124 valence electrons. The number of hydrogen-bond acceptors (Lipinski definition) is 5. The van der Waals surface area contributed by atoms with E-state index in [1.807, 2.05) is 29.8 Å². The van der Waals surface area contributed by atoms with E-state index in [0.717, 1.165) is 5.69 Å². The minimum Gasteiger partial charge on any atom is -0.480 e. The summed E-state index contributed by atoms with van der Waals surface area (Å²) >= 11 is 0. The van der Waals surface area contributed by atoms with Gasteiger partial charge in [-0.2, -0.15) is 0 Å². The lowest BCUT2D eigenvalue weighted by Crippen LogP contribution is -2.33. The predicted octanol–water partition coefficient (Wildman–Crippen LogP) is 1.43. The molecule has 23 heavy (non-hydrogen) atoms. The number of fused-ring (bicyclic) bond motifs is 1. The Morgan fingerprint density at radius 2 is 2.17 bits per heavy atom. The van der Waals surface area contributed by atoms with E-state index in [2.05, 4.69) is 4.98 Å². The normalized spacial score (nSPS) is 10.6. The Morgan fingerprint density at radius 3 is 2.91 bits per heavy atom. The van der Waals surface area contributed by atoms with E-state index in [-0.39, 0.29) is 24.9 Å². The Hall–Kier alpha value is -2.57. The molecule has 0 aliphatic heterocycles. The standard InChI is InChI=1S/C16H21N3O4/c1-4-22-15(21)7-9-18(3)14(20)11-23-13-6-5-8-19-10-12(2)17-16(13)19/h5-6,8,10H,4,7,9,11H2,1-3H3. The summed E-state index contributed by atoms with van der Waals surface area (Å²) < 4.78 is 12.3. The zero-order chi connectivity index (χ0) is 16.8. The molecule has 2 aromatic rings. The van der Waals surface area contributed by atoms with E-state index in [1.54, 1.807) is 20.0 Å². The molecule has 0 saturated heterocycles. The Morgan fingerprint density at radius 1 is 1.39 bits per heavy atom. The Kier molecular flexibility index (Phi) is 5.56. The highest BCUT2D eigenvalue weighted by Crippen LogP contribution is 2.18. The first kappa shape index (κ1) is 16.8. The summed E-state index contributed by atoms with van der Waals surface area (Å²) in [6.45, 7) is 4.18. The van der Waals surface area contributed by atoms with Gasteiger partial charge in [-0.25, -0.2) is 4.98 Å². The van der Waals surface area contributed by atoms with Crippen molar-refractivity contribution in [1.29, 1.82) is 0 Å². The lowest BCUT2D eigenvalue weighted by atomic mass is 10.4. The molecule has 0 aliphatic carbocycles. The van der Waals surface area contributed by atoms with Crippen LogP contribution in [-0.2, 0) is 14.3 Å². The van der Waals surface area contributed by atoms with Gasteiger partial charge in [-0.3, -0.25) is 9.59 Å². The summed E-state index contributed by atoms with van der Waals surface area (Å²) in [5, 5.41) is 0. The second-order valence-electron chi connectivity index (χ2n) is 5.14. The Balaban J connectivity index is 1.89. The third-order valence-electron chi connectivity index (χ3n) is 3.30. The molecule has 0 unspecified atom stereocenters. The van der Waals surface area contributed by atoms with Gasteiger partial charge in [0, 0.05) is 26.0 Å². The van der Waals surface area contributed by atoms with Crippen LogP contribution in [0.2, 0.25) is 0 Å². The van der Waals surface area contributed by atoms with Gasteiger partial charge in [-0.15, -0.1) is 0 Å². The third-order valence-corrected chi connectivity index (χ3v) is 3.30. The Labute approximate surface area is 134 Å². The van der Waals surface area contributed by atoms with E-state index in [1.165, 1.54) is 4.90 Å². The number of aryl methyl sites for hydroxylation is 1. The largest absolute Gasteiger partial charge is 0.480 e. The first-order valence-electron chi connectivity index (χ1n) is 7.48. The van der Waals surface area contributed by atoms with Crippen LogP contribution in [0.5, 0.6) is 5.75 Å². The summed E-state index contributed by atoms with van der Waals surface area (Å²) in [5.74, 6) is 0.0259. The lowest BCUT2D eigenvalue weighted by molar-refractivity contribution is -0.144. The van der Waals surface area contributed by atoms with Crippen LogP contribution in [0.1, 0.15) is 19.0 Å². The molecule has 0 fully saturated rings. The summed E-state index contributed by atoms with van der Waals surface area (Å²) in [5.41, 5.74) is 1.55. The zero-order valence-corrected chi connectivity index (χ0v) is 13.6. The number of hydrogen-bond donors (Lipinski definition) is 0. The average Bonchev–Trinajstić information content (AvgIpc) is 2.91. The molecule has 0 aliphatic rings. The average molecular weight is 319 g/mol. The van der Waals surface area contributed by atoms with Gasteiger partial charge in [0.25, 0.3) is 5.91 Å². The molecule has 0 radical (unpaired) electrons. The van der Waals surface area contributed by atoms with Crippen LogP contribution in [0.4, 0.5) is 0 Å². The number of rotatable bonds is 7. The van der Waals surface area contributed by atoms with Crippen molar-refractivity contribution in [3.63, 3.8) is 0 Å². The van der Waals surface area contributed by atoms with Crippen LogP contribution in [0, 0.1) is 6.92 Å². The second-order valence-corrected chi connectivity index (χ2v) is 5.14. The van der Waals surface area contributed by atoms with Gasteiger partial charge in [0.2, 0.25) is 0 Å². The molecular formula is C16H21N3O4. The maximum absolute atomic E-state index is 12.0. The van der Waals surface area contributed by atoms with Crippen molar-refractivity contribution >= 4 is 17.5 Å². The number of aromatic nitrogens is 2. The van der Waals surface area contributed by atoms with Gasteiger partial charge < -0.3 is 18.8 Å². The van der Waals surface area contributed by atoms with Crippen LogP contribution >= 0.6 is 0 Å². The molecule has 1 amide bonds. The first-order valence-corrected chi connectivity index (χ1v) is 7.48. The molecule has 2 heterocycles. The SMILES string of the molecule is CCOC(=O)CCN(C)C(=O)COc1cccn2cc(C)nc12. The summed E-state index contributed by atoms with van der Waals surface area (Å²) in [6, 6.07) is 3.60. The van der Waals surface area contributed by atoms with Gasteiger partial charge in [-0.05, 0) is 26.0 Å². The molecule has 0 spiro atoms. The monoisotopic (exact) mass is 319 g/mol. The maximum Gasteiger partial charge on any atom is 0.307 e. The second kappa shape index (κ2) is 7.62. The van der Waals surface area contributed by atoms with Crippen molar-refractivity contribution < 1.29 is 19.1 Å². The topological polar surface area (TPSA) is 73.1 Å². The van der Waals surface area contributed by atoms with Crippen molar-refractivity contribution in [3.05, 3.63) is 30.2 Å². The Bertz CT molecular complexity index is 696. The van der Waals surface area contributed by atoms with Crippen molar-refractivity contribution in [2.75, 3.05) is 26.8 Å². The highest BCUT2D eigenvalue weighted by atomic mass is 16.5. The van der Waals surface area contributed by atoms with Crippen LogP contribution < -0.4 is 4.74 Å². The summed E-state index contributed by atoms with van der Waals surface area (Å²) in [6.07, 6.45) is 3.93. The van der Waals surface area contributed by atoms with Gasteiger partial charge >= 0.3 is 5.97 Å². The van der Waals surface area contributed by atoms with E-state index in [0.29, 0.717) is 24.5 Å². The predicted molar refractivity (Wildman–Crippen MR) is 84.3 cm³/mol. The summed E-state index contributed by atoms with van der Waals surface area (Å²) in [4.78, 5) is 29.2. The molecule has 2 rings (SSSR count). The van der Waals surface area contributed by atoms with E-state index >= 15 is 0 Å². The maximum atomic E-state index is 12.0. The van der Waals surface area contributed by atoms with Crippen molar-refractivity contribution in [3.8, 4) is 5.75 Å². The van der Waals surface area contributed by atoms with Gasteiger partial charge in [-0.1, -0.05) is 0 Å². The zero-order valence-electron chi connectivity index (χ0n) is 13.6. The highest BCUT2D eigenvalue weighted by Gasteiger charge is 2.13. The molecule has 0 N–H and O–H groups in total. The number of pyridine rings is 1. The fourth-order valence-electron chi connectivity index (χ4n) is 2.09. The van der Waals surface area contributed by atoms with Crippen molar-refractivity contribution in [2.45, 2.75) is 20.3 Å². The van der Waals surface area contributed by atoms with E-state index < -0.39 is 0 Å². The summed E-state index contributed by atoms with van der Waals surface area (Å²) in [7, 11) is 1.63. The molecular weight excluding hydrogens is 298 g/mol. The van der Waals surface area contributed by atoms with Crippen molar-refractivity contribution in [2.24, 2.45) is 0 Å². The van der Waals surface area contributed by atoms with Crippen LogP contribution in [0.15, 0.2) is 24.5 Å². The number of ether oxygens (including phenoxy) is 2. The van der Waals surface area contributed by atoms with Crippen molar-refractivity contribution in [1.82, 2.24) is 14.3 Å². The smallest absolute Gasteiger partial charge is 0.307 e. The van der Waals surface area contributed by atoms with Gasteiger partial charge in [0.15, 0.2) is 18.0 Å². The van der Waals surface area contributed by atoms with Gasteiger partial charge in [0.05, 0.1) is 18.7 Å². The minimum atomic E-state index is -0.314. The molecule has 2 aromatic heterocycles. The number of nitrogens with zero attached hydrogens (tertiary/aromatic N) is 3. The fourth-order valence-corrected chi connectivity index (χ4v) is 2.09. The van der Waals surface area contributed by atoms with Crippen LogP contribution in [-0.4, -0.2) is 53.0 Å². The molecule has 7 nitrogen and oxygen atoms in total. The van der Waals surface area contributed by atoms with Crippen LogP contribution in [0.3, 0.4) is 0 Å². The molecule has 0 aromatic carbocycles. The quantitative estimate of drug-likeness (QED) is 0.722. The highest BCUT2D eigenvalue weighted by molar-refractivity contribution is 5.78. The number of esters is 1. The molecule has 7 heteroatoms. The van der Waals surface area contributed by atoms with Gasteiger partial charge in [0.1, 0.15) is 0 Å². The third kappa shape index (κ3) is 4.45. The van der Waals surface area contributed by atoms with E-state index in [4.69, 9.17) is 9.47 Å². The first-order chi connectivity index (χ1) is 11.0. The molecule has 0 saturated carbocycles. The number of imidazole rings is 1. The molecule has 0 bridgehead atoms.